The van der Waals surface area contributed by atoms with E-state index in [1.54, 1.807) is 16.2 Å². The normalized spacial score (nSPS) is 17.6. The van der Waals surface area contributed by atoms with Gasteiger partial charge in [0.15, 0.2) is 0 Å². The maximum atomic E-state index is 12.7. The fourth-order valence-electron chi connectivity index (χ4n) is 3.14. The van der Waals surface area contributed by atoms with Crippen molar-refractivity contribution in [3.63, 3.8) is 0 Å². The smallest absolute Gasteiger partial charge is 0.317 e. The summed E-state index contributed by atoms with van der Waals surface area (Å²) in [4.78, 5) is 28.6. The van der Waals surface area contributed by atoms with Gasteiger partial charge in [0.25, 0.3) is 0 Å². The molecule has 0 bridgehead atoms. The monoisotopic (exact) mass is 324 g/mol. The molecule has 0 radical (unpaired) electrons. The Hall–Kier alpha value is -1.40. The van der Waals surface area contributed by atoms with Gasteiger partial charge in [-0.15, -0.1) is 11.3 Å². The lowest BCUT2D eigenvalue weighted by Crippen LogP contribution is -2.46. The van der Waals surface area contributed by atoms with Crippen molar-refractivity contribution < 1.29 is 14.7 Å². The molecule has 1 aliphatic heterocycles. The molecule has 1 aromatic rings. The van der Waals surface area contributed by atoms with Gasteiger partial charge >= 0.3 is 5.97 Å². The quantitative estimate of drug-likeness (QED) is 0.836. The van der Waals surface area contributed by atoms with E-state index >= 15 is 0 Å². The summed E-state index contributed by atoms with van der Waals surface area (Å²) >= 11 is 1.76. The summed E-state index contributed by atoms with van der Waals surface area (Å²) < 4.78 is 0. The Labute approximate surface area is 135 Å². The number of carbonyl (C=O) groups is 2. The molecule has 22 heavy (non-hydrogen) atoms. The van der Waals surface area contributed by atoms with Gasteiger partial charge in [-0.1, -0.05) is 13.8 Å². The van der Waals surface area contributed by atoms with E-state index in [4.69, 9.17) is 5.11 Å². The zero-order valence-electron chi connectivity index (χ0n) is 13.2. The van der Waals surface area contributed by atoms with Crippen LogP contribution in [-0.2, 0) is 16.0 Å². The minimum Gasteiger partial charge on any atom is -0.480 e. The Morgan fingerprint density at radius 2 is 2.18 bits per heavy atom. The minimum absolute atomic E-state index is 0.0402. The molecule has 1 aromatic heterocycles. The lowest BCUT2D eigenvalue weighted by atomic mass is 9.97. The first kappa shape index (κ1) is 17.0. The van der Waals surface area contributed by atoms with Crippen molar-refractivity contribution in [2.75, 3.05) is 26.2 Å². The second-order valence-corrected chi connectivity index (χ2v) is 6.67. The standard InChI is InChI=1S/C16H24N2O3S/c1-3-7-17(11-16(20)21)10-15(19)18-8-5-14-12(6-9-22-14)13(18)4-2/h6,9,13H,3-5,7-8,10-11H2,1-2H3,(H,20,21). The van der Waals surface area contributed by atoms with Crippen molar-refractivity contribution in [3.05, 3.63) is 21.9 Å². The SMILES string of the molecule is CCCN(CC(=O)O)CC(=O)N1CCc2sccc2C1CC. The van der Waals surface area contributed by atoms with E-state index in [-0.39, 0.29) is 25.0 Å². The summed E-state index contributed by atoms with van der Waals surface area (Å²) in [5, 5.41) is 11.1. The minimum atomic E-state index is -0.882. The highest BCUT2D eigenvalue weighted by Crippen LogP contribution is 2.35. The van der Waals surface area contributed by atoms with Crippen LogP contribution in [0.5, 0.6) is 0 Å². The molecule has 0 saturated heterocycles. The molecule has 1 unspecified atom stereocenters. The van der Waals surface area contributed by atoms with Crippen molar-refractivity contribution in [2.45, 2.75) is 39.2 Å². The highest BCUT2D eigenvalue weighted by Gasteiger charge is 2.31. The van der Waals surface area contributed by atoms with Crippen LogP contribution in [0.4, 0.5) is 0 Å². The summed E-state index contributed by atoms with van der Waals surface area (Å²) in [7, 11) is 0. The van der Waals surface area contributed by atoms with Crippen LogP contribution in [0.2, 0.25) is 0 Å². The van der Waals surface area contributed by atoms with Crippen molar-refractivity contribution >= 4 is 23.2 Å². The molecule has 0 saturated carbocycles. The van der Waals surface area contributed by atoms with Gasteiger partial charge in [0.05, 0.1) is 19.1 Å². The zero-order valence-corrected chi connectivity index (χ0v) is 14.1. The Bertz CT molecular complexity index is 529. The molecule has 0 fully saturated rings. The highest BCUT2D eigenvalue weighted by atomic mass is 32.1. The van der Waals surface area contributed by atoms with E-state index in [2.05, 4.69) is 18.4 Å². The van der Waals surface area contributed by atoms with Crippen molar-refractivity contribution in [1.82, 2.24) is 9.80 Å². The number of fused-ring (bicyclic) bond motifs is 1. The maximum Gasteiger partial charge on any atom is 0.317 e. The average Bonchev–Trinajstić information content (AvgIpc) is 2.93. The largest absolute Gasteiger partial charge is 0.480 e. The second kappa shape index (κ2) is 7.74. The van der Waals surface area contributed by atoms with Crippen LogP contribution in [0, 0.1) is 0 Å². The number of hydrogen-bond acceptors (Lipinski definition) is 4. The Morgan fingerprint density at radius 1 is 1.41 bits per heavy atom. The molecule has 0 spiro atoms. The zero-order chi connectivity index (χ0) is 16.1. The molecule has 122 valence electrons. The Morgan fingerprint density at radius 3 is 2.82 bits per heavy atom. The van der Waals surface area contributed by atoms with Crippen LogP contribution in [0.3, 0.4) is 0 Å². The molecule has 2 rings (SSSR count). The maximum absolute atomic E-state index is 12.7. The summed E-state index contributed by atoms with van der Waals surface area (Å²) in [6, 6.07) is 2.25. The van der Waals surface area contributed by atoms with Gasteiger partial charge in [0, 0.05) is 11.4 Å². The van der Waals surface area contributed by atoms with Crippen molar-refractivity contribution in [2.24, 2.45) is 0 Å². The molecule has 1 amide bonds. The average molecular weight is 324 g/mol. The van der Waals surface area contributed by atoms with E-state index in [1.165, 1.54) is 10.4 Å². The van der Waals surface area contributed by atoms with Crippen LogP contribution in [0.25, 0.3) is 0 Å². The molecule has 5 nitrogen and oxygen atoms in total. The van der Waals surface area contributed by atoms with Gasteiger partial charge in [0.1, 0.15) is 0 Å². The van der Waals surface area contributed by atoms with E-state index in [0.717, 1.165) is 25.8 Å². The molecule has 1 aliphatic rings. The first-order valence-electron chi connectivity index (χ1n) is 7.86. The van der Waals surface area contributed by atoms with Crippen LogP contribution >= 0.6 is 11.3 Å². The molecule has 0 aromatic carbocycles. The van der Waals surface area contributed by atoms with Gasteiger partial charge in [0.2, 0.25) is 5.91 Å². The van der Waals surface area contributed by atoms with Crippen molar-refractivity contribution in [1.29, 1.82) is 0 Å². The van der Waals surface area contributed by atoms with Crippen LogP contribution in [-0.4, -0.2) is 53.0 Å². The van der Waals surface area contributed by atoms with Crippen LogP contribution in [0.15, 0.2) is 11.4 Å². The topological polar surface area (TPSA) is 60.9 Å². The Balaban J connectivity index is 2.06. The lowest BCUT2D eigenvalue weighted by molar-refractivity contribution is -0.140. The number of amides is 1. The van der Waals surface area contributed by atoms with E-state index in [1.807, 2.05) is 11.8 Å². The number of thiophene rings is 1. The molecule has 1 atom stereocenters. The third-order valence-electron chi connectivity index (χ3n) is 4.06. The molecular formula is C16H24N2O3S. The fourth-order valence-corrected chi connectivity index (χ4v) is 4.07. The number of aliphatic carboxylic acids is 1. The van der Waals surface area contributed by atoms with E-state index < -0.39 is 5.97 Å². The second-order valence-electron chi connectivity index (χ2n) is 5.66. The number of carbonyl (C=O) groups excluding carboxylic acids is 1. The van der Waals surface area contributed by atoms with Gasteiger partial charge in [-0.05, 0) is 42.8 Å². The van der Waals surface area contributed by atoms with Crippen LogP contribution in [0.1, 0.15) is 43.2 Å². The molecular weight excluding hydrogens is 300 g/mol. The van der Waals surface area contributed by atoms with Gasteiger partial charge in [-0.25, -0.2) is 0 Å². The number of hydrogen-bond donors (Lipinski definition) is 1. The summed E-state index contributed by atoms with van der Waals surface area (Å²) in [6.45, 7) is 5.57. The van der Waals surface area contributed by atoms with Gasteiger partial charge in [-0.2, -0.15) is 0 Å². The lowest BCUT2D eigenvalue weighted by Gasteiger charge is -2.36. The van der Waals surface area contributed by atoms with E-state index in [9.17, 15) is 9.59 Å². The number of nitrogens with zero attached hydrogens (tertiary/aromatic N) is 2. The summed E-state index contributed by atoms with van der Waals surface area (Å²) in [5.74, 6) is -0.842. The van der Waals surface area contributed by atoms with E-state index in [0.29, 0.717) is 6.54 Å². The summed E-state index contributed by atoms with van der Waals surface area (Å²) in [6.07, 6.45) is 2.64. The highest BCUT2D eigenvalue weighted by molar-refractivity contribution is 7.10. The predicted octanol–water partition coefficient (Wildman–Crippen LogP) is 2.38. The molecule has 1 N–H and O–H groups in total. The fraction of sp³-hybridized carbons (Fsp3) is 0.625. The number of carboxylic acids is 1. The first-order chi connectivity index (χ1) is 10.6. The van der Waals surface area contributed by atoms with Gasteiger partial charge < -0.3 is 10.0 Å². The third-order valence-corrected chi connectivity index (χ3v) is 5.06. The number of rotatable bonds is 7. The number of carboxylic acid groups (broad SMARTS) is 1. The molecule has 0 aliphatic carbocycles. The first-order valence-corrected chi connectivity index (χ1v) is 8.74. The molecule has 2 heterocycles. The van der Waals surface area contributed by atoms with Gasteiger partial charge in [-0.3, -0.25) is 14.5 Å². The third kappa shape index (κ3) is 3.87. The molecule has 6 heteroatoms. The Kier molecular flexibility index (Phi) is 5.97. The van der Waals surface area contributed by atoms with Crippen molar-refractivity contribution in [3.8, 4) is 0 Å². The summed E-state index contributed by atoms with van der Waals surface area (Å²) in [5.41, 5.74) is 1.27. The van der Waals surface area contributed by atoms with Crippen LogP contribution < -0.4 is 0 Å². The predicted molar refractivity (Wildman–Crippen MR) is 87.1 cm³/mol.